The lowest BCUT2D eigenvalue weighted by molar-refractivity contribution is 0.349. The van der Waals surface area contributed by atoms with E-state index >= 15 is 0 Å². The Labute approximate surface area is 280 Å². The maximum atomic E-state index is 14.2. The second-order valence-corrected chi connectivity index (χ2v) is 13.1. The number of hydrazone groups is 1. The molecule has 5 aromatic carbocycles. The fourth-order valence-corrected chi connectivity index (χ4v) is 7.31. The van der Waals surface area contributed by atoms with Crippen LogP contribution < -0.4 is 14.5 Å². The van der Waals surface area contributed by atoms with Gasteiger partial charge in [0.25, 0.3) is 10.0 Å². The number of hydrogen-bond donors (Lipinski definition) is 0. The van der Waals surface area contributed by atoms with Crippen LogP contribution in [-0.4, -0.2) is 39.8 Å². The van der Waals surface area contributed by atoms with Gasteiger partial charge in [-0.1, -0.05) is 109 Å². The maximum Gasteiger partial charge on any atom is 0.285 e. The number of rotatable bonds is 8. The van der Waals surface area contributed by atoms with Gasteiger partial charge in [-0.3, -0.25) is 0 Å². The molecule has 240 valence electrons. The second-order valence-electron chi connectivity index (χ2n) is 11.5. The van der Waals surface area contributed by atoms with E-state index in [1.807, 2.05) is 127 Å². The van der Waals surface area contributed by atoms with Crippen LogP contribution in [0, 0.1) is 6.92 Å². The number of anilines is 1. The molecule has 2 unspecified atom stereocenters. The van der Waals surface area contributed by atoms with E-state index in [9.17, 15) is 8.42 Å². The molecule has 0 amide bonds. The molecule has 0 N–H and O–H groups in total. The van der Waals surface area contributed by atoms with Gasteiger partial charge in [-0.05, 0) is 48.9 Å². The molecule has 0 radical (unpaired) electrons. The number of sulfonamides is 1. The van der Waals surface area contributed by atoms with Crippen LogP contribution in [0.3, 0.4) is 0 Å². The third-order valence-corrected chi connectivity index (χ3v) is 9.84. The lowest BCUT2D eigenvalue weighted by Crippen LogP contribution is -2.52. The van der Waals surface area contributed by atoms with Crippen molar-refractivity contribution in [1.29, 1.82) is 0 Å². The topological polar surface area (TPSA) is 89.8 Å². The number of hydrogen-bond acceptors (Lipinski definition) is 7. The zero-order valence-electron chi connectivity index (χ0n) is 26.6. The standard InChI is InChI=1S/C39H33N3O5S/c1-27-22-24-31(25-23-27)48(43,44)41-38-39(26-34(47-38)28-14-7-4-8-15-28)35(32-20-13-21-33(45-2)37(32)46-3)36(29-16-9-5-10-17-29)40-42(39)30-18-11-6-12-19-30/h4-26,35H,1-3H3/b41-38-. The van der Waals surface area contributed by atoms with Crippen molar-refractivity contribution in [2.45, 2.75) is 23.3 Å². The Balaban J connectivity index is 1.59. The SMILES string of the molecule is COc1cccc(C2C(c3ccccc3)=NN(c3ccccc3)C23C=C(c2ccccc2)O/C3=N\S(=O)(=O)c2ccc(C)cc2)c1OC. The quantitative estimate of drug-likeness (QED) is 0.171. The summed E-state index contributed by atoms with van der Waals surface area (Å²) in [6.45, 7) is 1.90. The van der Waals surface area contributed by atoms with Crippen molar-refractivity contribution >= 4 is 33.1 Å². The van der Waals surface area contributed by atoms with E-state index in [1.54, 1.807) is 38.5 Å². The molecular weight excluding hydrogens is 623 g/mol. The monoisotopic (exact) mass is 655 g/mol. The Morgan fingerprint density at radius 2 is 1.38 bits per heavy atom. The molecule has 2 atom stereocenters. The molecule has 0 aliphatic carbocycles. The summed E-state index contributed by atoms with van der Waals surface area (Å²) >= 11 is 0. The highest BCUT2D eigenvalue weighted by Crippen LogP contribution is 2.54. The zero-order valence-corrected chi connectivity index (χ0v) is 27.5. The summed E-state index contributed by atoms with van der Waals surface area (Å²) in [4.78, 5) is 0.0523. The average Bonchev–Trinajstić information content (AvgIpc) is 3.66. The van der Waals surface area contributed by atoms with Crippen molar-refractivity contribution < 1.29 is 22.6 Å². The van der Waals surface area contributed by atoms with Crippen molar-refractivity contribution in [3.63, 3.8) is 0 Å². The molecule has 48 heavy (non-hydrogen) atoms. The molecule has 0 saturated carbocycles. The van der Waals surface area contributed by atoms with E-state index in [2.05, 4.69) is 4.40 Å². The summed E-state index contributed by atoms with van der Waals surface area (Å²) in [5.41, 5.74) is 3.22. The van der Waals surface area contributed by atoms with Gasteiger partial charge in [0.05, 0.1) is 36.4 Å². The van der Waals surface area contributed by atoms with E-state index in [-0.39, 0.29) is 10.8 Å². The highest BCUT2D eigenvalue weighted by atomic mass is 32.2. The van der Waals surface area contributed by atoms with Crippen LogP contribution in [0.25, 0.3) is 5.76 Å². The average molecular weight is 656 g/mol. The minimum Gasteiger partial charge on any atom is -0.493 e. The number of para-hydroxylation sites is 2. The Morgan fingerprint density at radius 1 is 0.750 bits per heavy atom. The molecule has 5 aromatic rings. The third-order valence-electron chi connectivity index (χ3n) is 8.57. The summed E-state index contributed by atoms with van der Waals surface area (Å²) < 4.78 is 51.2. The first-order valence-corrected chi connectivity index (χ1v) is 16.9. The van der Waals surface area contributed by atoms with Crippen molar-refractivity contribution in [2.24, 2.45) is 9.50 Å². The summed E-state index contributed by atoms with van der Waals surface area (Å²) in [6, 6.07) is 41.2. The minimum absolute atomic E-state index is 0.0460. The predicted octanol–water partition coefficient (Wildman–Crippen LogP) is 7.62. The Morgan fingerprint density at radius 3 is 2.00 bits per heavy atom. The van der Waals surface area contributed by atoms with Crippen LogP contribution in [0.1, 0.15) is 28.2 Å². The molecular formula is C39H33N3O5S. The largest absolute Gasteiger partial charge is 0.493 e. The highest BCUT2D eigenvalue weighted by molar-refractivity contribution is 7.90. The lowest BCUT2D eigenvalue weighted by atomic mass is 9.74. The summed E-state index contributed by atoms with van der Waals surface area (Å²) in [5, 5.41) is 7.12. The first-order valence-electron chi connectivity index (χ1n) is 15.4. The number of nitrogens with zero attached hydrogens (tertiary/aromatic N) is 3. The summed E-state index contributed by atoms with van der Waals surface area (Å²) in [7, 11) is -1.08. The van der Waals surface area contributed by atoms with Crippen molar-refractivity contribution in [2.75, 3.05) is 19.2 Å². The molecule has 8 nitrogen and oxygen atoms in total. The van der Waals surface area contributed by atoms with Crippen LogP contribution in [0.15, 0.2) is 154 Å². The van der Waals surface area contributed by atoms with Gasteiger partial charge in [0.2, 0.25) is 5.90 Å². The zero-order chi connectivity index (χ0) is 33.3. The Hall–Kier alpha value is -5.67. The third kappa shape index (κ3) is 5.32. The van der Waals surface area contributed by atoms with Gasteiger partial charge >= 0.3 is 0 Å². The smallest absolute Gasteiger partial charge is 0.285 e. The van der Waals surface area contributed by atoms with Gasteiger partial charge in [0.15, 0.2) is 17.0 Å². The molecule has 2 aliphatic rings. The van der Waals surface area contributed by atoms with Gasteiger partial charge in [0.1, 0.15) is 5.76 Å². The maximum absolute atomic E-state index is 14.2. The van der Waals surface area contributed by atoms with Crippen LogP contribution >= 0.6 is 0 Å². The lowest BCUT2D eigenvalue weighted by Gasteiger charge is -2.36. The fraction of sp³-hybridized carbons (Fsp3) is 0.128. The molecule has 7 rings (SSSR count). The fourth-order valence-electron chi connectivity index (χ4n) is 6.32. The molecule has 0 saturated heterocycles. The first-order chi connectivity index (χ1) is 23.4. The van der Waals surface area contributed by atoms with Crippen LogP contribution in [-0.2, 0) is 14.8 Å². The molecule has 0 aromatic heterocycles. The van der Waals surface area contributed by atoms with Crippen molar-refractivity contribution in [1.82, 2.24) is 0 Å². The Bertz CT molecular complexity index is 2150. The molecule has 2 heterocycles. The van der Waals surface area contributed by atoms with E-state index in [0.29, 0.717) is 34.2 Å². The van der Waals surface area contributed by atoms with Gasteiger partial charge < -0.3 is 14.2 Å². The molecule has 9 heteroatoms. The molecule has 2 aliphatic heterocycles. The second kappa shape index (κ2) is 12.5. The number of benzene rings is 5. The van der Waals surface area contributed by atoms with Crippen LogP contribution in [0.5, 0.6) is 11.5 Å². The molecule has 0 bridgehead atoms. The Kier molecular flexibility index (Phi) is 8.06. The minimum atomic E-state index is -4.26. The van der Waals surface area contributed by atoms with Gasteiger partial charge in [-0.25, -0.2) is 5.01 Å². The van der Waals surface area contributed by atoms with Crippen molar-refractivity contribution in [3.05, 3.63) is 162 Å². The van der Waals surface area contributed by atoms with Gasteiger partial charge in [-0.2, -0.15) is 13.5 Å². The summed E-state index contributed by atoms with van der Waals surface area (Å²) in [6.07, 6.45) is 1.93. The van der Waals surface area contributed by atoms with Gasteiger partial charge in [0, 0.05) is 11.1 Å². The van der Waals surface area contributed by atoms with E-state index in [4.69, 9.17) is 19.3 Å². The number of methoxy groups -OCH3 is 2. The van der Waals surface area contributed by atoms with Crippen LogP contribution in [0.4, 0.5) is 5.69 Å². The summed E-state index contributed by atoms with van der Waals surface area (Å²) in [5.74, 6) is 0.734. The number of aryl methyl sites for hydroxylation is 1. The van der Waals surface area contributed by atoms with E-state index < -0.39 is 21.5 Å². The highest BCUT2D eigenvalue weighted by Gasteiger charge is 2.61. The first kappa shape index (κ1) is 31.0. The van der Waals surface area contributed by atoms with Crippen LogP contribution in [0.2, 0.25) is 0 Å². The molecule has 0 fully saturated rings. The number of ether oxygens (including phenoxy) is 3. The van der Waals surface area contributed by atoms with E-state index in [1.165, 1.54) is 0 Å². The van der Waals surface area contributed by atoms with Gasteiger partial charge in [-0.15, -0.1) is 4.40 Å². The predicted molar refractivity (Wildman–Crippen MR) is 188 cm³/mol. The van der Waals surface area contributed by atoms with E-state index in [0.717, 1.165) is 16.7 Å². The van der Waals surface area contributed by atoms with Crippen molar-refractivity contribution in [3.8, 4) is 11.5 Å². The molecule has 1 spiro atoms. The normalized spacial score (nSPS) is 19.6.